The maximum atomic E-state index is 11.8. The van der Waals surface area contributed by atoms with Crippen LogP contribution in [0.15, 0.2) is 29.3 Å². The van der Waals surface area contributed by atoms with Gasteiger partial charge in [-0.05, 0) is 31.0 Å². The molecule has 0 saturated carbocycles. The molecule has 1 aliphatic heterocycles. The predicted octanol–water partition coefficient (Wildman–Crippen LogP) is 2.89. The third kappa shape index (κ3) is 8.08. The first-order valence-corrected chi connectivity index (χ1v) is 9.83. The summed E-state index contributed by atoms with van der Waals surface area (Å²) in [4.78, 5) is 31.7. The van der Waals surface area contributed by atoms with Gasteiger partial charge >= 0.3 is 6.09 Å². The van der Waals surface area contributed by atoms with Crippen LogP contribution >= 0.6 is 24.0 Å². The summed E-state index contributed by atoms with van der Waals surface area (Å²) in [6.07, 6.45) is 1.11. The molecule has 2 amide bonds. The molecule has 0 atom stereocenters. The highest BCUT2D eigenvalue weighted by Gasteiger charge is 2.23. The standard InChI is InChI=1S/C20H31N5O3.HI/c1-4-6-18(26)23-17-9-7-16(8-10-17)15-22-19(21-3)24-11-13-25(14-12-24)20(27)28-5-2;/h7-10H,4-6,11-15H2,1-3H3,(H,21,22)(H,23,26);1H. The lowest BCUT2D eigenvalue weighted by molar-refractivity contribution is -0.116. The Morgan fingerprint density at radius 2 is 1.69 bits per heavy atom. The quantitative estimate of drug-likeness (QED) is 0.345. The second kappa shape index (κ2) is 13.2. The topological polar surface area (TPSA) is 86.3 Å². The number of carbonyl (C=O) groups is 2. The van der Waals surface area contributed by atoms with E-state index in [1.807, 2.05) is 38.1 Å². The third-order valence-corrected chi connectivity index (χ3v) is 4.48. The average molecular weight is 517 g/mol. The van der Waals surface area contributed by atoms with Crippen LogP contribution in [0.25, 0.3) is 0 Å². The highest BCUT2D eigenvalue weighted by Crippen LogP contribution is 2.11. The van der Waals surface area contributed by atoms with E-state index >= 15 is 0 Å². The Hall–Kier alpha value is -2.04. The molecule has 162 valence electrons. The van der Waals surface area contributed by atoms with Crippen LogP contribution in [-0.2, 0) is 16.1 Å². The molecule has 0 aromatic heterocycles. The molecule has 9 heteroatoms. The number of guanidine groups is 1. The summed E-state index contributed by atoms with van der Waals surface area (Å²) in [5.41, 5.74) is 1.90. The molecular formula is C20H32IN5O3. The number of hydrogen-bond donors (Lipinski definition) is 2. The molecular weight excluding hydrogens is 485 g/mol. The van der Waals surface area contributed by atoms with Crippen molar-refractivity contribution in [2.24, 2.45) is 4.99 Å². The van der Waals surface area contributed by atoms with E-state index in [1.165, 1.54) is 0 Å². The summed E-state index contributed by atoms with van der Waals surface area (Å²) in [5.74, 6) is 0.847. The molecule has 0 aliphatic carbocycles. The van der Waals surface area contributed by atoms with Gasteiger partial charge in [-0.2, -0.15) is 0 Å². The molecule has 1 aliphatic rings. The van der Waals surface area contributed by atoms with Gasteiger partial charge in [0.1, 0.15) is 0 Å². The van der Waals surface area contributed by atoms with Gasteiger partial charge in [-0.15, -0.1) is 24.0 Å². The number of hydrogen-bond acceptors (Lipinski definition) is 4. The Morgan fingerprint density at radius 3 is 2.24 bits per heavy atom. The van der Waals surface area contributed by atoms with Crippen molar-refractivity contribution < 1.29 is 14.3 Å². The van der Waals surface area contributed by atoms with E-state index in [-0.39, 0.29) is 36.0 Å². The molecule has 1 heterocycles. The van der Waals surface area contributed by atoms with Crippen LogP contribution in [0.1, 0.15) is 32.3 Å². The summed E-state index contributed by atoms with van der Waals surface area (Å²) in [5, 5.41) is 6.25. The highest BCUT2D eigenvalue weighted by atomic mass is 127. The minimum Gasteiger partial charge on any atom is -0.450 e. The van der Waals surface area contributed by atoms with Crippen molar-refractivity contribution in [1.82, 2.24) is 15.1 Å². The maximum Gasteiger partial charge on any atom is 0.409 e. The molecule has 0 radical (unpaired) electrons. The number of piperazine rings is 1. The van der Waals surface area contributed by atoms with Crippen LogP contribution in [0.2, 0.25) is 0 Å². The summed E-state index contributed by atoms with van der Waals surface area (Å²) in [6, 6.07) is 7.79. The lowest BCUT2D eigenvalue weighted by Gasteiger charge is -2.35. The molecule has 0 spiro atoms. The molecule has 1 aromatic carbocycles. The Bertz CT molecular complexity index is 673. The lowest BCUT2D eigenvalue weighted by atomic mass is 10.2. The SMILES string of the molecule is CCCC(=O)Nc1ccc(CNC(=NC)N2CCN(C(=O)OCC)CC2)cc1.I. The van der Waals surface area contributed by atoms with E-state index in [4.69, 9.17) is 4.74 Å². The van der Waals surface area contributed by atoms with Gasteiger partial charge < -0.3 is 25.2 Å². The number of anilines is 1. The second-order valence-corrected chi connectivity index (χ2v) is 6.57. The smallest absolute Gasteiger partial charge is 0.409 e. The number of rotatable bonds is 6. The normalized spacial score (nSPS) is 14.1. The van der Waals surface area contributed by atoms with Crippen LogP contribution in [0.4, 0.5) is 10.5 Å². The van der Waals surface area contributed by atoms with Crippen LogP contribution in [0, 0.1) is 0 Å². The summed E-state index contributed by atoms with van der Waals surface area (Å²) >= 11 is 0. The fourth-order valence-electron chi connectivity index (χ4n) is 2.99. The average Bonchev–Trinajstić information content (AvgIpc) is 2.70. The first-order valence-electron chi connectivity index (χ1n) is 9.83. The first kappa shape index (κ1) is 25.0. The molecule has 0 unspecified atom stereocenters. The second-order valence-electron chi connectivity index (χ2n) is 6.57. The molecule has 1 aromatic rings. The lowest BCUT2D eigenvalue weighted by Crippen LogP contribution is -2.53. The van der Waals surface area contributed by atoms with Crippen LogP contribution in [0.5, 0.6) is 0 Å². The number of amides is 2. The predicted molar refractivity (Wildman–Crippen MR) is 126 cm³/mol. The Morgan fingerprint density at radius 1 is 1.07 bits per heavy atom. The van der Waals surface area contributed by atoms with Gasteiger partial charge in [0.15, 0.2) is 5.96 Å². The number of nitrogens with one attached hydrogen (secondary N) is 2. The molecule has 8 nitrogen and oxygen atoms in total. The molecule has 1 saturated heterocycles. The van der Waals surface area contributed by atoms with Gasteiger partial charge in [0.05, 0.1) is 6.61 Å². The summed E-state index contributed by atoms with van der Waals surface area (Å²) in [7, 11) is 1.76. The molecule has 29 heavy (non-hydrogen) atoms. The summed E-state index contributed by atoms with van der Waals surface area (Å²) < 4.78 is 5.05. The number of carbonyl (C=O) groups excluding carboxylic acids is 2. The van der Waals surface area contributed by atoms with Crippen molar-refractivity contribution in [3.05, 3.63) is 29.8 Å². The monoisotopic (exact) mass is 517 g/mol. The van der Waals surface area contributed by atoms with E-state index in [9.17, 15) is 9.59 Å². The Kier molecular flexibility index (Phi) is 11.4. The zero-order valence-electron chi connectivity index (χ0n) is 17.4. The minimum atomic E-state index is -0.254. The number of benzene rings is 1. The minimum absolute atomic E-state index is 0. The van der Waals surface area contributed by atoms with Gasteiger partial charge in [0.25, 0.3) is 0 Å². The van der Waals surface area contributed by atoms with Gasteiger partial charge in [-0.3, -0.25) is 9.79 Å². The fraction of sp³-hybridized carbons (Fsp3) is 0.550. The van der Waals surface area contributed by atoms with Gasteiger partial charge in [-0.25, -0.2) is 4.79 Å². The third-order valence-electron chi connectivity index (χ3n) is 4.48. The van der Waals surface area contributed by atoms with E-state index in [1.54, 1.807) is 11.9 Å². The zero-order valence-corrected chi connectivity index (χ0v) is 19.8. The van der Waals surface area contributed by atoms with Gasteiger partial charge in [0.2, 0.25) is 5.91 Å². The van der Waals surface area contributed by atoms with Crippen molar-refractivity contribution >= 4 is 47.6 Å². The van der Waals surface area contributed by atoms with Gasteiger partial charge in [0, 0.05) is 51.9 Å². The fourth-order valence-corrected chi connectivity index (χ4v) is 2.99. The summed E-state index contributed by atoms with van der Waals surface area (Å²) in [6.45, 7) is 7.47. The number of ether oxygens (including phenoxy) is 1. The van der Waals surface area contributed by atoms with E-state index < -0.39 is 0 Å². The van der Waals surface area contributed by atoms with Crippen molar-refractivity contribution in [3.63, 3.8) is 0 Å². The highest BCUT2D eigenvalue weighted by molar-refractivity contribution is 14.0. The molecule has 1 fully saturated rings. The van der Waals surface area contributed by atoms with Crippen LogP contribution in [0.3, 0.4) is 0 Å². The first-order chi connectivity index (χ1) is 13.6. The number of halogens is 1. The molecule has 0 bridgehead atoms. The Balaban J connectivity index is 0.00000420. The Labute approximate surface area is 190 Å². The number of nitrogens with zero attached hydrogens (tertiary/aromatic N) is 3. The van der Waals surface area contributed by atoms with Crippen LogP contribution in [-0.4, -0.2) is 67.6 Å². The molecule has 2 rings (SSSR count). The number of aliphatic imine (C=N–C) groups is 1. The van der Waals surface area contributed by atoms with Crippen molar-refractivity contribution in [2.45, 2.75) is 33.2 Å². The maximum absolute atomic E-state index is 11.8. The van der Waals surface area contributed by atoms with E-state index in [2.05, 4.69) is 20.5 Å². The van der Waals surface area contributed by atoms with E-state index in [0.717, 1.165) is 23.6 Å². The van der Waals surface area contributed by atoms with Gasteiger partial charge in [-0.1, -0.05) is 19.1 Å². The zero-order chi connectivity index (χ0) is 20.4. The molecule has 2 N–H and O–H groups in total. The van der Waals surface area contributed by atoms with Crippen molar-refractivity contribution in [1.29, 1.82) is 0 Å². The van der Waals surface area contributed by atoms with E-state index in [0.29, 0.717) is 45.8 Å². The van der Waals surface area contributed by atoms with Crippen LogP contribution < -0.4 is 10.6 Å². The van der Waals surface area contributed by atoms with Crippen molar-refractivity contribution in [2.75, 3.05) is 45.2 Å². The van der Waals surface area contributed by atoms with Crippen molar-refractivity contribution in [3.8, 4) is 0 Å². The largest absolute Gasteiger partial charge is 0.450 e.